The van der Waals surface area contributed by atoms with Crippen LogP contribution in [0, 0.1) is 0 Å². The van der Waals surface area contributed by atoms with Gasteiger partial charge in [0.05, 0.1) is 13.1 Å². The minimum atomic E-state index is -0.930. The minimum absolute atomic E-state index is 0.119. The molecule has 0 radical (unpaired) electrons. The standard InChI is InChI=1S/C16H23N5O5/c1-5-8-19-14(24)20(9-6-2)16(26)21(15(19)25)10-12(22)18-11(4)13(23)17-7-3/h5-6,11H,1-2,7-10H2,3-4H3,(H,17,23)(H,18,22)/t11-/m0/s1. The zero-order chi connectivity index (χ0) is 19.9. The molecule has 2 N–H and O–H groups in total. The summed E-state index contributed by atoms with van der Waals surface area (Å²) in [4.78, 5) is 60.8. The molecule has 10 heteroatoms. The van der Waals surface area contributed by atoms with Crippen LogP contribution < -0.4 is 27.7 Å². The first-order chi connectivity index (χ1) is 12.3. The summed E-state index contributed by atoms with van der Waals surface area (Å²) in [6.45, 7) is 9.67. The highest BCUT2D eigenvalue weighted by molar-refractivity contribution is 5.87. The van der Waals surface area contributed by atoms with E-state index in [-0.39, 0.29) is 13.1 Å². The molecule has 0 aromatic carbocycles. The van der Waals surface area contributed by atoms with Crippen LogP contribution in [-0.2, 0) is 29.2 Å². The summed E-state index contributed by atoms with van der Waals surface area (Å²) in [5.74, 6) is -1.11. The van der Waals surface area contributed by atoms with Crippen molar-refractivity contribution < 1.29 is 9.59 Å². The molecule has 142 valence electrons. The summed E-state index contributed by atoms with van der Waals surface area (Å²) in [6.07, 6.45) is 2.65. The van der Waals surface area contributed by atoms with E-state index in [9.17, 15) is 24.0 Å². The fraction of sp³-hybridized carbons (Fsp3) is 0.438. The monoisotopic (exact) mass is 365 g/mol. The van der Waals surface area contributed by atoms with E-state index in [0.29, 0.717) is 11.1 Å². The van der Waals surface area contributed by atoms with Gasteiger partial charge in [0.25, 0.3) is 0 Å². The summed E-state index contributed by atoms with van der Waals surface area (Å²) in [5, 5.41) is 4.94. The Kier molecular flexibility index (Phi) is 7.51. The molecule has 2 amide bonds. The summed E-state index contributed by atoms with van der Waals surface area (Å²) in [7, 11) is 0. The zero-order valence-electron chi connectivity index (χ0n) is 14.9. The third-order valence-electron chi connectivity index (χ3n) is 3.43. The molecule has 0 aliphatic carbocycles. The molecule has 0 aliphatic heterocycles. The molecule has 1 aromatic rings. The number of carbonyl (C=O) groups is 2. The number of nitrogens with zero attached hydrogens (tertiary/aromatic N) is 3. The van der Waals surface area contributed by atoms with Gasteiger partial charge in [0.2, 0.25) is 11.8 Å². The highest BCUT2D eigenvalue weighted by atomic mass is 16.2. The molecule has 0 saturated carbocycles. The van der Waals surface area contributed by atoms with Crippen LogP contribution in [0.15, 0.2) is 39.7 Å². The summed E-state index contributed by atoms with van der Waals surface area (Å²) < 4.78 is 2.21. The number of likely N-dealkylation sites (N-methyl/N-ethyl adjacent to an activating group) is 1. The van der Waals surface area contributed by atoms with Gasteiger partial charge in [0.1, 0.15) is 12.6 Å². The van der Waals surface area contributed by atoms with Crippen molar-refractivity contribution in [3.8, 4) is 0 Å². The lowest BCUT2D eigenvalue weighted by molar-refractivity contribution is -0.128. The number of allylic oxidation sites excluding steroid dienone is 2. The van der Waals surface area contributed by atoms with Gasteiger partial charge in [-0.1, -0.05) is 12.2 Å². The first kappa shape index (κ1) is 20.9. The molecular weight excluding hydrogens is 342 g/mol. The first-order valence-electron chi connectivity index (χ1n) is 8.01. The number of carbonyl (C=O) groups excluding carboxylic acids is 2. The van der Waals surface area contributed by atoms with E-state index >= 15 is 0 Å². The maximum atomic E-state index is 12.4. The van der Waals surface area contributed by atoms with Crippen molar-refractivity contribution in [3.63, 3.8) is 0 Å². The molecule has 26 heavy (non-hydrogen) atoms. The first-order valence-corrected chi connectivity index (χ1v) is 8.01. The Morgan fingerprint density at radius 3 is 1.88 bits per heavy atom. The Morgan fingerprint density at radius 2 is 1.46 bits per heavy atom. The number of amides is 2. The van der Waals surface area contributed by atoms with Crippen LogP contribution in [0.3, 0.4) is 0 Å². The van der Waals surface area contributed by atoms with E-state index < -0.39 is 41.5 Å². The molecule has 0 spiro atoms. The van der Waals surface area contributed by atoms with Crippen molar-refractivity contribution >= 4 is 11.8 Å². The maximum Gasteiger partial charge on any atom is 0.337 e. The lowest BCUT2D eigenvalue weighted by atomic mass is 10.3. The van der Waals surface area contributed by atoms with Crippen molar-refractivity contribution in [2.75, 3.05) is 6.54 Å². The Morgan fingerprint density at radius 1 is 1.00 bits per heavy atom. The molecule has 10 nitrogen and oxygen atoms in total. The second-order valence-corrected chi connectivity index (χ2v) is 5.42. The number of rotatable bonds is 9. The molecule has 1 heterocycles. The normalized spacial score (nSPS) is 11.5. The molecular formula is C16H23N5O5. The van der Waals surface area contributed by atoms with Gasteiger partial charge < -0.3 is 10.6 Å². The molecule has 0 fully saturated rings. The van der Waals surface area contributed by atoms with Crippen LogP contribution in [0.4, 0.5) is 0 Å². The summed E-state index contributed by atoms with van der Waals surface area (Å²) in [5.41, 5.74) is -2.67. The minimum Gasteiger partial charge on any atom is -0.355 e. The van der Waals surface area contributed by atoms with E-state index in [1.807, 2.05) is 0 Å². The van der Waals surface area contributed by atoms with Crippen LogP contribution in [-0.4, -0.2) is 38.1 Å². The van der Waals surface area contributed by atoms with Gasteiger partial charge in [0.15, 0.2) is 0 Å². The Bertz CT molecular complexity index is 828. The smallest absolute Gasteiger partial charge is 0.337 e. The Balaban J connectivity index is 3.25. The third-order valence-corrected chi connectivity index (χ3v) is 3.43. The summed E-state index contributed by atoms with van der Waals surface area (Å²) in [6, 6.07) is -0.840. The maximum absolute atomic E-state index is 12.4. The molecule has 0 aliphatic rings. The van der Waals surface area contributed by atoms with Crippen LogP contribution >= 0.6 is 0 Å². The van der Waals surface area contributed by atoms with E-state index in [1.54, 1.807) is 6.92 Å². The molecule has 1 rings (SSSR count). The lowest BCUT2D eigenvalue weighted by Gasteiger charge is -2.15. The van der Waals surface area contributed by atoms with Gasteiger partial charge in [-0.15, -0.1) is 13.2 Å². The predicted octanol–water partition coefficient (Wildman–Crippen LogP) is -1.82. The molecule has 0 saturated heterocycles. The fourth-order valence-electron chi connectivity index (χ4n) is 2.21. The highest BCUT2D eigenvalue weighted by Crippen LogP contribution is 1.85. The van der Waals surface area contributed by atoms with Crippen LogP contribution in [0.5, 0.6) is 0 Å². The predicted molar refractivity (Wildman–Crippen MR) is 95.9 cm³/mol. The van der Waals surface area contributed by atoms with Gasteiger partial charge in [-0.3, -0.25) is 9.59 Å². The van der Waals surface area contributed by atoms with Crippen LogP contribution in [0.25, 0.3) is 0 Å². The molecule has 1 aromatic heterocycles. The van der Waals surface area contributed by atoms with Crippen LogP contribution in [0.1, 0.15) is 13.8 Å². The Hall–Kier alpha value is -3.17. The van der Waals surface area contributed by atoms with E-state index in [0.717, 1.165) is 9.13 Å². The molecule has 1 atom stereocenters. The van der Waals surface area contributed by atoms with Crippen molar-refractivity contribution in [2.24, 2.45) is 0 Å². The van der Waals surface area contributed by atoms with Gasteiger partial charge in [-0.2, -0.15) is 0 Å². The van der Waals surface area contributed by atoms with Crippen molar-refractivity contribution in [1.29, 1.82) is 0 Å². The summed E-state index contributed by atoms with van der Waals surface area (Å²) >= 11 is 0. The van der Waals surface area contributed by atoms with Gasteiger partial charge in [-0.05, 0) is 13.8 Å². The van der Waals surface area contributed by atoms with E-state index in [4.69, 9.17) is 0 Å². The lowest BCUT2D eigenvalue weighted by Crippen LogP contribution is -2.56. The SMILES string of the molecule is C=CCn1c(=O)n(CC=C)c(=O)n(CC(=O)N[C@@H](C)C(=O)NCC)c1=O. The topological polar surface area (TPSA) is 124 Å². The van der Waals surface area contributed by atoms with Crippen molar-refractivity contribution in [2.45, 2.75) is 39.5 Å². The quantitative estimate of drug-likeness (QED) is 0.499. The average Bonchev–Trinajstić information content (AvgIpc) is 2.59. The highest BCUT2D eigenvalue weighted by Gasteiger charge is 2.19. The van der Waals surface area contributed by atoms with Crippen molar-refractivity contribution in [3.05, 3.63) is 56.8 Å². The number of aromatic nitrogens is 3. The number of hydrogen-bond acceptors (Lipinski definition) is 5. The van der Waals surface area contributed by atoms with E-state index in [2.05, 4.69) is 23.8 Å². The third kappa shape index (κ3) is 4.68. The number of nitrogens with one attached hydrogen (secondary N) is 2. The second kappa shape index (κ2) is 9.35. The second-order valence-electron chi connectivity index (χ2n) is 5.42. The zero-order valence-corrected chi connectivity index (χ0v) is 14.9. The number of hydrogen-bond donors (Lipinski definition) is 2. The fourth-order valence-corrected chi connectivity index (χ4v) is 2.21. The van der Waals surface area contributed by atoms with E-state index in [1.165, 1.54) is 19.1 Å². The molecule has 0 unspecified atom stereocenters. The molecule has 0 bridgehead atoms. The average molecular weight is 365 g/mol. The van der Waals surface area contributed by atoms with Crippen molar-refractivity contribution in [1.82, 2.24) is 24.3 Å². The van der Waals surface area contributed by atoms with Gasteiger partial charge in [0, 0.05) is 6.54 Å². The largest absolute Gasteiger partial charge is 0.355 e. The van der Waals surface area contributed by atoms with Gasteiger partial charge >= 0.3 is 17.1 Å². The Labute approximate surface area is 149 Å². The van der Waals surface area contributed by atoms with Crippen LogP contribution in [0.2, 0.25) is 0 Å². The van der Waals surface area contributed by atoms with Gasteiger partial charge in [-0.25, -0.2) is 28.1 Å².